The summed E-state index contributed by atoms with van der Waals surface area (Å²) in [5, 5.41) is -0.170. The van der Waals surface area contributed by atoms with Crippen molar-refractivity contribution in [3.8, 4) is 0 Å². The van der Waals surface area contributed by atoms with Crippen LogP contribution in [0.25, 0.3) is 11.0 Å². The molecule has 2 fully saturated rings. The van der Waals surface area contributed by atoms with Crippen LogP contribution in [0.4, 0.5) is 4.39 Å². The molecule has 44 heavy (non-hydrogen) atoms. The summed E-state index contributed by atoms with van der Waals surface area (Å²) < 4.78 is 53.5. The van der Waals surface area contributed by atoms with Crippen molar-refractivity contribution in [3.05, 3.63) is 28.7 Å². The molecule has 4 heterocycles. The fourth-order valence-electron chi connectivity index (χ4n) is 6.86. The fraction of sp³-hybridized carbons (Fsp3) is 0.793. The highest BCUT2D eigenvalue weighted by molar-refractivity contribution is 7.43. The average Bonchev–Trinajstić information content (AvgIpc) is 3.40. The molecule has 250 valence electrons. The van der Waals surface area contributed by atoms with Gasteiger partial charge in [0.25, 0.3) is 14.1 Å². The fourth-order valence-corrected chi connectivity index (χ4v) is 19.4. The molecule has 0 saturated carbocycles. The molecule has 2 saturated heterocycles. The second kappa shape index (κ2) is 13.6. The van der Waals surface area contributed by atoms with Crippen LogP contribution in [0.1, 0.15) is 89.3 Å². The molecule has 0 radical (unpaired) electrons. The lowest BCUT2D eigenvalue weighted by Gasteiger charge is -2.51. The number of nitrogens with one attached hydrogen (secondary N) is 1. The van der Waals surface area contributed by atoms with E-state index in [1.807, 2.05) is 32.4 Å². The molecule has 5 atom stereocenters. The van der Waals surface area contributed by atoms with Gasteiger partial charge in [-0.3, -0.25) is 4.79 Å². The van der Waals surface area contributed by atoms with Crippen LogP contribution in [0, 0.1) is 5.82 Å². The molecule has 4 rings (SSSR count). The number of rotatable bonds is 10. The molecule has 2 aromatic heterocycles. The summed E-state index contributed by atoms with van der Waals surface area (Å²) >= 11 is 0. The Morgan fingerprint density at radius 1 is 1.02 bits per heavy atom. The zero-order valence-electron chi connectivity index (χ0n) is 28.2. The number of ether oxygens (including phenoxy) is 1. The van der Waals surface area contributed by atoms with E-state index >= 15 is 4.39 Å². The minimum absolute atomic E-state index is 0.0128. The van der Waals surface area contributed by atoms with E-state index in [-0.39, 0.29) is 51.9 Å². The van der Waals surface area contributed by atoms with Crippen molar-refractivity contribution in [2.75, 3.05) is 6.61 Å². The molecule has 0 aliphatic carbocycles. The predicted molar refractivity (Wildman–Crippen MR) is 174 cm³/mol. The standard InChI is InChI=1S/C29H52FN4O7PSi2/c1-16(2)34(17(3)4)42(36)39-26-25-23(38-29(26)33-13-22(30)24-27(33)31-15-32-28(24)35)14-37-43(18(5)6,19(7)8)41-44(40-25,20(9)10)21(11)12/h13,15-21,23,25-26,29,36H,14H2,1-12H3,(H,31,32,35). The van der Waals surface area contributed by atoms with E-state index in [0.717, 1.165) is 0 Å². The van der Waals surface area contributed by atoms with Crippen molar-refractivity contribution in [2.24, 2.45) is 0 Å². The number of fused-ring (bicyclic) bond motifs is 2. The van der Waals surface area contributed by atoms with Crippen molar-refractivity contribution in [2.45, 2.75) is 142 Å². The molecule has 11 nitrogen and oxygen atoms in total. The maximum Gasteiger partial charge on any atom is 0.335 e. The van der Waals surface area contributed by atoms with E-state index in [1.165, 1.54) is 17.1 Å². The number of halogens is 1. The van der Waals surface area contributed by atoms with Crippen molar-refractivity contribution in [1.82, 2.24) is 19.2 Å². The highest BCUT2D eigenvalue weighted by Crippen LogP contribution is 2.52. The topological polar surface area (TPSA) is 120 Å². The first kappa shape index (κ1) is 35.8. The van der Waals surface area contributed by atoms with Gasteiger partial charge in [0.1, 0.15) is 23.7 Å². The molecule has 2 aliphatic heterocycles. The number of nitrogens with zero attached hydrogens (tertiary/aromatic N) is 3. The molecule has 2 N–H and O–H groups in total. The molecule has 0 amide bonds. The normalized spacial score (nSPS) is 26.5. The van der Waals surface area contributed by atoms with E-state index in [4.69, 9.17) is 22.2 Å². The molecular weight excluding hydrogens is 622 g/mol. The maximum atomic E-state index is 15.3. The van der Waals surface area contributed by atoms with Crippen LogP contribution in [0.3, 0.4) is 0 Å². The summed E-state index contributed by atoms with van der Waals surface area (Å²) in [4.78, 5) is 30.9. The second-order valence-corrected chi connectivity index (χ2v) is 23.9. The van der Waals surface area contributed by atoms with Crippen molar-refractivity contribution in [1.29, 1.82) is 0 Å². The largest absolute Gasteiger partial charge is 0.414 e. The van der Waals surface area contributed by atoms with Crippen LogP contribution in [0.5, 0.6) is 0 Å². The zero-order chi connectivity index (χ0) is 32.9. The van der Waals surface area contributed by atoms with Crippen molar-refractivity contribution >= 4 is 36.7 Å². The van der Waals surface area contributed by atoms with Crippen molar-refractivity contribution < 1.29 is 31.5 Å². The SMILES string of the molecule is CC(C)N(C(C)C)P(O)OC1C2O[Si](C(C)C)(C(C)C)O[Si](C(C)C)(C(C)C)OCC2OC1n1cc(F)c2c(=O)[nH]cnc21. The molecular formula is C29H52FN4O7PSi2. The summed E-state index contributed by atoms with van der Waals surface area (Å²) in [6.45, 7) is 25.3. The van der Waals surface area contributed by atoms with Gasteiger partial charge in [-0.05, 0) is 49.9 Å². The van der Waals surface area contributed by atoms with Crippen LogP contribution < -0.4 is 5.56 Å². The number of hydrogen-bond donors (Lipinski definition) is 2. The highest BCUT2D eigenvalue weighted by Gasteiger charge is 2.62. The molecule has 0 bridgehead atoms. The van der Waals surface area contributed by atoms with Gasteiger partial charge in [0.15, 0.2) is 17.7 Å². The van der Waals surface area contributed by atoms with Gasteiger partial charge in [0.2, 0.25) is 0 Å². The van der Waals surface area contributed by atoms with Crippen molar-refractivity contribution in [3.63, 3.8) is 0 Å². The van der Waals surface area contributed by atoms with Gasteiger partial charge in [-0.15, -0.1) is 0 Å². The Bertz CT molecular complexity index is 1320. The molecule has 0 aromatic carbocycles. The molecule has 0 spiro atoms. The molecule has 15 heteroatoms. The number of hydrogen-bond acceptors (Lipinski definition) is 9. The quantitative estimate of drug-likeness (QED) is 0.217. The zero-order valence-corrected chi connectivity index (χ0v) is 31.1. The van der Waals surface area contributed by atoms with Crippen LogP contribution in [-0.4, -0.2) is 78.2 Å². The van der Waals surface area contributed by atoms with E-state index < -0.39 is 61.6 Å². The van der Waals surface area contributed by atoms with E-state index in [2.05, 4.69) is 65.4 Å². The summed E-state index contributed by atoms with van der Waals surface area (Å²) in [7, 11) is -8.06. The summed E-state index contributed by atoms with van der Waals surface area (Å²) in [5.41, 5.74) is -0.0785. The Labute approximate surface area is 264 Å². The number of H-pyrrole nitrogens is 1. The Morgan fingerprint density at radius 2 is 1.59 bits per heavy atom. The van der Waals surface area contributed by atoms with Crippen LogP contribution in [0.2, 0.25) is 22.2 Å². The first-order valence-electron chi connectivity index (χ1n) is 15.8. The van der Waals surface area contributed by atoms with Gasteiger partial charge in [0, 0.05) is 18.3 Å². The lowest BCUT2D eigenvalue weighted by atomic mass is 10.1. The first-order chi connectivity index (χ1) is 20.5. The predicted octanol–water partition coefficient (Wildman–Crippen LogP) is 6.44. The number of aromatic amines is 1. The van der Waals surface area contributed by atoms with Gasteiger partial charge < -0.3 is 36.7 Å². The summed E-state index contributed by atoms with van der Waals surface area (Å²) in [6.07, 6.45) is -0.726. The molecule has 2 aromatic rings. The van der Waals surface area contributed by atoms with Gasteiger partial charge >= 0.3 is 17.1 Å². The van der Waals surface area contributed by atoms with E-state index in [0.29, 0.717) is 0 Å². The Hall–Kier alpha value is -1.07. The Morgan fingerprint density at radius 3 is 2.11 bits per heavy atom. The smallest absolute Gasteiger partial charge is 0.335 e. The summed E-state index contributed by atoms with van der Waals surface area (Å²) in [6, 6.07) is -0.0256. The Kier molecular flexibility index (Phi) is 11.0. The van der Waals surface area contributed by atoms with Crippen LogP contribution in [-0.2, 0) is 22.2 Å². The molecule has 5 unspecified atom stereocenters. The van der Waals surface area contributed by atoms with Crippen LogP contribution >= 0.6 is 8.53 Å². The minimum Gasteiger partial charge on any atom is -0.414 e. The van der Waals surface area contributed by atoms with Gasteiger partial charge in [0.05, 0.1) is 12.9 Å². The van der Waals surface area contributed by atoms with Gasteiger partial charge in [-0.2, -0.15) is 0 Å². The number of aromatic nitrogens is 3. The summed E-state index contributed by atoms with van der Waals surface area (Å²) in [5.74, 6) is -0.724. The van der Waals surface area contributed by atoms with Gasteiger partial charge in [-0.25, -0.2) is 14.0 Å². The average molecular weight is 675 g/mol. The Balaban J connectivity index is 1.90. The second-order valence-electron chi connectivity index (χ2n) is 13.8. The minimum atomic E-state index is -3.08. The van der Waals surface area contributed by atoms with Gasteiger partial charge in [-0.1, -0.05) is 55.4 Å². The highest BCUT2D eigenvalue weighted by atomic mass is 31.2. The van der Waals surface area contributed by atoms with Crippen LogP contribution in [0.15, 0.2) is 17.3 Å². The third-order valence-electron chi connectivity index (χ3n) is 8.93. The third-order valence-corrected chi connectivity index (χ3v) is 20.9. The van der Waals surface area contributed by atoms with E-state index in [1.54, 1.807) is 0 Å². The van der Waals surface area contributed by atoms with E-state index in [9.17, 15) is 9.69 Å². The molecule has 2 aliphatic rings. The monoisotopic (exact) mass is 674 g/mol. The lowest BCUT2D eigenvalue weighted by Crippen LogP contribution is -2.65. The third kappa shape index (κ3) is 6.28. The maximum absolute atomic E-state index is 15.3. The lowest BCUT2D eigenvalue weighted by molar-refractivity contribution is -0.0563. The first-order valence-corrected chi connectivity index (χ1v) is 20.9.